The number of benzene rings is 1. The summed E-state index contributed by atoms with van der Waals surface area (Å²) in [6.45, 7) is 6.15. The van der Waals surface area contributed by atoms with Crippen molar-refractivity contribution in [2.75, 3.05) is 6.54 Å². The Morgan fingerprint density at radius 2 is 2.06 bits per heavy atom. The van der Waals surface area contributed by atoms with Crippen LogP contribution in [0, 0.1) is 13.8 Å². The average Bonchev–Trinajstić information content (AvgIpc) is 2.34. The molecule has 0 bridgehead atoms. The fourth-order valence-electron chi connectivity index (χ4n) is 1.97. The van der Waals surface area contributed by atoms with Gasteiger partial charge in [0, 0.05) is 23.0 Å². The summed E-state index contributed by atoms with van der Waals surface area (Å²) >= 11 is 0. The Kier molecular flexibility index (Phi) is 3.19. The summed E-state index contributed by atoms with van der Waals surface area (Å²) in [5.74, 6) is -0.401. The molecular formula is C14H16N2O2. The Bertz CT molecular complexity index is 621. The van der Waals surface area contributed by atoms with Crippen LogP contribution >= 0.6 is 0 Å². The number of aryl methyl sites for hydroxylation is 2. The van der Waals surface area contributed by atoms with Crippen LogP contribution in [0.2, 0.25) is 0 Å². The number of amides is 1. The number of carbonyl (C=O) groups is 1. The Balaban J connectivity index is 2.69. The molecule has 2 rings (SSSR count). The second-order valence-corrected chi connectivity index (χ2v) is 4.30. The predicted octanol–water partition coefficient (Wildman–Crippen LogP) is 2.31. The Labute approximate surface area is 106 Å². The summed E-state index contributed by atoms with van der Waals surface area (Å²) in [7, 11) is 0. The van der Waals surface area contributed by atoms with Gasteiger partial charge in [0.2, 0.25) is 0 Å². The van der Waals surface area contributed by atoms with Crippen LogP contribution in [0.5, 0.6) is 5.75 Å². The van der Waals surface area contributed by atoms with Crippen LogP contribution in [0.1, 0.15) is 28.7 Å². The zero-order chi connectivity index (χ0) is 13.3. The highest BCUT2D eigenvalue weighted by molar-refractivity contribution is 6.02. The molecule has 4 nitrogen and oxygen atoms in total. The van der Waals surface area contributed by atoms with Crippen LogP contribution in [0.15, 0.2) is 18.2 Å². The standard InChI is InChI=1S/C14H16N2O2/c1-4-15-14(18)12-13(17)10-6-5-8(2)7-11(10)9(3)16-12/h5-7,17H,4H2,1-3H3,(H,15,18). The molecule has 0 atom stereocenters. The van der Waals surface area contributed by atoms with Gasteiger partial charge in [-0.15, -0.1) is 0 Å². The van der Waals surface area contributed by atoms with Crippen molar-refractivity contribution in [2.24, 2.45) is 0 Å². The third kappa shape index (κ3) is 2.01. The quantitative estimate of drug-likeness (QED) is 0.852. The minimum absolute atomic E-state index is 0.0541. The lowest BCUT2D eigenvalue weighted by atomic mass is 10.0. The van der Waals surface area contributed by atoms with E-state index in [0.29, 0.717) is 11.9 Å². The molecule has 4 heteroatoms. The van der Waals surface area contributed by atoms with E-state index in [-0.39, 0.29) is 17.4 Å². The normalized spacial score (nSPS) is 10.6. The van der Waals surface area contributed by atoms with Gasteiger partial charge in [0.25, 0.3) is 5.91 Å². The van der Waals surface area contributed by atoms with Crippen LogP contribution in [0.4, 0.5) is 0 Å². The van der Waals surface area contributed by atoms with E-state index in [0.717, 1.165) is 16.6 Å². The van der Waals surface area contributed by atoms with Crippen LogP contribution in [-0.2, 0) is 0 Å². The van der Waals surface area contributed by atoms with Crippen LogP contribution in [0.3, 0.4) is 0 Å². The predicted molar refractivity (Wildman–Crippen MR) is 70.9 cm³/mol. The number of aromatic hydroxyl groups is 1. The zero-order valence-electron chi connectivity index (χ0n) is 10.7. The second kappa shape index (κ2) is 4.64. The summed E-state index contributed by atoms with van der Waals surface area (Å²) in [6.07, 6.45) is 0. The zero-order valence-corrected chi connectivity index (χ0v) is 10.7. The molecule has 0 unspecified atom stereocenters. The van der Waals surface area contributed by atoms with E-state index < -0.39 is 0 Å². The van der Waals surface area contributed by atoms with Gasteiger partial charge in [0.05, 0.1) is 0 Å². The number of hydrogen-bond acceptors (Lipinski definition) is 3. The number of hydrogen-bond donors (Lipinski definition) is 2. The monoisotopic (exact) mass is 244 g/mol. The number of rotatable bonds is 2. The second-order valence-electron chi connectivity index (χ2n) is 4.30. The Morgan fingerprint density at radius 1 is 1.33 bits per heavy atom. The summed E-state index contributed by atoms with van der Waals surface area (Å²) < 4.78 is 0. The van der Waals surface area contributed by atoms with Gasteiger partial charge in [0.15, 0.2) is 11.4 Å². The molecule has 0 radical (unpaired) electrons. The average molecular weight is 244 g/mol. The van der Waals surface area contributed by atoms with Gasteiger partial charge >= 0.3 is 0 Å². The highest BCUT2D eigenvalue weighted by Gasteiger charge is 2.16. The molecule has 1 aromatic carbocycles. The SMILES string of the molecule is CCNC(=O)c1nc(C)c2cc(C)ccc2c1O. The molecule has 2 aromatic rings. The molecule has 18 heavy (non-hydrogen) atoms. The van der Waals surface area contributed by atoms with E-state index in [9.17, 15) is 9.90 Å². The highest BCUT2D eigenvalue weighted by atomic mass is 16.3. The minimum Gasteiger partial charge on any atom is -0.505 e. The van der Waals surface area contributed by atoms with Crippen molar-refractivity contribution in [1.29, 1.82) is 0 Å². The third-order valence-corrected chi connectivity index (χ3v) is 2.88. The van der Waals surface area contributed by atoms with Gasteiger partial charge in [-0.05, 0) is 26.8 Å². The molecule has 0 aliphatic carbocycles. The highest BCUT2D eigenvalue weighted by Crippen LogP contribution is 2.29. The molecular weight excluding hydrogens is 228 g/mol. The van der Waals surface area contributed by atoms with Gasteiger partial charge < -0.3 is 10.4 Å². The number of nitrogens with one attached hydrogen (secondary N) is 1. The van der Waals surface area contributed by atoms with Crippen LogP contribution in [0.25, 0.3) is 10.8 Å². The number of nitrogens with zero attached hydrogens (tertiary/aromatic N) is 1. The fourth-order valence-corrected chi connectivity index (χ4v) is 1.97. The van der Waals surface area contributed by atoms with Crippen molar-refractivity contribution in [3.63, 3.8) is 0 Å². The maximum absolute atomic E-state index is 11.8. The molecule has 2 N–H and O–H groups in total. The molecule has 1 heterocycles. The summed E-state index contributed by atoms with van der Waals surface area (Å²) in [5.41, 5.74) is 1.93. The van der Waals surface area contributed by atoms with Crippen molar-refractivity contribution in [3.8, 4) is 5.75 Å². The van der Waals surface area contributed by atoms with Gasteiger partial charge in [-0.1, -0.05) is 17.7 Å². The van der Waals surface area contributed by atoms with Gasteiger partial charge in [-0.2, -0.15) is 0 Å². The van der Waals surface area contributed by atoms with Crippen LogP contribution in [-0.4, -0.2) is 22.5 Å². The molecule has 0 spiro atoms. The topological polar surface area (TPSA) is 62.2 Å². The van der Waals surface area contributed by atoms with E-state index >= 15 is 0 Å². The van der Waals surface area contributed by atoms with Crippen molar-refractivity contribution >= 4 is 16.7 Å². The summed E-state index contributed by atoms with van der Waals surface area (Å²) in [5, 5.41) is 14.3. The van der Waals surface area contributed by atoms with Crippen molar-refractivity contribution in [2.45, 2.75) is 20.8 Å². The van der Waals surface area contributed by atoms with E-state index in [4.69, 9.17) is 0 Å². The van der Waals surface area contributed by atoms with Crippen molar-refractivity contribution < 1.29 is 9.90 Å². The third-order valence-electron chi connectivity index (χ3n) is 2.88. The lowest BCUT2D eigenvalue weighted by Crippen LogP contribution is -2.24. The molecule has 1 amide bonds. The van der Waals surface area contributed by atoms with Gasteiger partial charge in [-0.25, -0.2) is 4.98 Å². The van der Waals surface area contributed by atoms with Crippen LogP contribution < -0.4 is 5.32 Å². The molecule has 0 aliphatic rings. The number of aromatic nitrogens is 1. The molecule has 0 saturated heterocycles. The van der Waals surface area contributed by atoms with Gasteiger partial charge in [-0.3, -0.25) is 4.79 Å². The minimum atomic E-state index is -0.347. The first-order valence-electron chi connectivity index (χ1n) is 5.92. The van der Waals surface area contributed by atoms with E-state index in [1.807, 2.05) is 39.0 Å². The first-order chi connectivity index (χ1) is 8.54. The lowest BCUT2D eigenvalue weighted by molar-refractivity contribution is 0.0948. The molecule has 0 aliphatic heterocycles. The molecule has 0 fully saturated rings. The lowest BCUT2D eigenvalue weighted by Gasteiger charge is -2.10. The number of fused-ring (bicyclic) bond motifs is 1. The molecule has 1 aromatic heterocycles. The molecule has 94 valence electrons. The van der Waals surface area contributed by atoms with Crippen molar-refractivity contribution in [3.05, 3.63) is 35.2 Å². The summed E-state index contributed by atoms with van der Waals surface area (Å²) in [4.78, 5) is 16.0. The van der Waals surface area contributed by atoms with Crippen molar-refractivity contribution in [1.82, 2.24) is 10.3 Å². The fraction of sp³-hybridized carbons (Fsp3) is 0.286. The molecule has 0 saturated carbocycles. The number of carbonyl (C=O) groups excluding carboxylic acids is 1. The maximum Gasteiger partial charge on any atom is 0.273 e. The Hall–Kier alpha value is -2.10. The van der Waals surface area contributed by atoms with E-state index in [1.54, 1.807) is 0 Å². The summed E-state index contributed by atoms with van der Waals surface area (Å²) in [6, 6.07) is 5.68. The maximum atomic E-state index is 11.8. The van der Waals surface area contributed by atoms with E-state index in [2.05, 4.69) is 10.3 Å². The van der Waals surface area contributed by atoms with E-state index in [1.165, 1.54) is 0 Å². The van der Waals surface area contributed by atoms with Gasteiger partial charge in [0.1, 0.15) is 0 Å². The number of pyridine rings is 1. The smallest absolute Gasteiger partial charge is 0.273 e. The first-order valence-corrected chi connectivity index (χ1v) is 5.92. The largest absolute Gasteiger partial charge is 0.505 e. The Morgan fingerprint density at radius 3 is 2.72 bits per heavy atom. The first kappa shape index (κ1) is 12.4.